The van der Waals surface area contributed by atoms with Gasteiger partial charge in [-0.25, -0.2) is 0 Å². The van der Waals surface area contributed by atoms with Crippen LogP contribution in [0.25, 0.3) is 0 Å². The van der Waals surface area contributed by atoms with Crippen LogP contribution in [0.2, 0.25) is 0 Å². The summed E-state index contributed by atoms with van der Waals surface area (Å²) < 4.78 is 0. The molecule has 14 heavy (non-hydrogen) atoms. The Morgan fingerprint density at radius 2 is 0.929 bits per heavy atom. The van der Waals surface area contributed by atoms with Gasteiger partial charge < -0.3 is 11.5 Å². The number of hydrogen-bond donors (Lipinski definition) is 2. The SMILES string of the molecule is CC1CC(N)C1.CC1CC(N)C1.Cl.Cl. The van der Waals surface area contributed by atoms with E-state index < -0.39 is 0 Å². The van der Waals surface area contributed by atoms with Crippen LogP contribution in [0.5, 0.6) is 0 Å². The molecular formula is C10H24Cl2N2. The van der Waals surface area contributed by atoms with Gasteiger partial charge in [-0.05, 0) is 37.5 Å². The quantitative estimate of drug-likeness (QED) is 0.686. The summed E-state index contributed by atoms with van der Waals surface area (Å²) in [5.41, 5.74) is 10.9. The van der Waals surface area contributed by atoms with Crippen LogP contribution < -0.4 is 11.5 Å². The number of rotatable bonds is 0. The molecule has 88 valence electrons. The Hall–Kier alpha value is 0.500. The summed E-state index contributed by atoms with van der Waals surface area (Å²) in [6.07, 6.45) is 5.00. The molecule has 0 aromatic heterocycles. The van der Waals surface area contributed by atoms with E-state index in [4.69, 9.17) is 11.5 Å². The lowest BCUT2D eigenvalue weighted by Crippen LogP contribution is -2.34. The van der Waals surface area contributed by atoms with Crippen molar-refractivity contribution < 1.29 is 0 Å². The third-order valence-corrected chi connectivity index (χ3v) is 2.82. The number of halogens is 2. The van der Waals surface area contributed by atoms with Crippen molar-refractivity contribution >= 4 is 24.8 Å². The molecule has 0 aromatic rings. The molecule has 0 spiro atoms. The molecule has 2 aliphatic rings. The molecule has 2 fully saturated rings. The first-order valence-electron chi connectivity index (χ1n) is 5.09. The molecule has 0 amide bonds. The van der Waals surface area contributed by atoms with Gasteiger partial charge in [0.25, 0.3) is 0 Å². The maximum absolute atomic E-state index is 5.47. The second-order valence-electron chi connectivity index (χ2n) is 4.67. The molecule has 4 N–H and O–H groups in total. The van der Waals surface area contributed by atoms with Crippen molar-refractivity contribution in [3.63, 3.8) is 0 Å². The van der Waals surface area contributed by atoms with Crippen molar-refractivity contribution in [2.45, 2.75) is 51.6 Å². The summed E-state index contributed by atoms with van der Waals surface area (Å²) in [4.78, 5) is 0. The van der Waals surface area contributed by atoms with Crippen LogP contribution in [-0.2, 0) is 0 Å². The van der Waals surface area contributed by atoms with E-state index in [-0.39, 0.29) is 24.8 Å². The first-order chi connectivity index (χ1) is 5.58. The van der Waals surface area contributed by atoms with Crippen molar-refractivity contribution in [3.8, 4) is 0 Å². The van der Waals surface area contributed by atoms with Crippen molar-refractivity contribution in [3.05, 3.63) is 0 Å². The van der Waals surface area contributed by atoms with Gasteiger partial charge in [-0.1, -0.05) is 13.8 Å². The van der Waals surface area contributed by atoms with Gasteiger partial charge in [0.1, 0.15) is 0 Å². The minimum absolute atomic E-state index is 0. The summed E-state index contributed by atoms with van der Waals surface area (Å²) in [6, 6.07) is 1.08. The molecule has 0 aliphatic heterocycles. The molecule has 0 atom stereocenters. The topological polar surface area (TPSA) is 52.0 Å². The van der Waals surface area contributed by atoms with Crippen LogP contribution in [0.15, 0.2) is 0 Å². The second kappa shape index (κ2) is 7.75. The van der Waals surface area contributed by atoms with Crippen LogP contribution in [-0.4, -0.2) is 12.1 Å². The van der Waals surface area contributed by atoms with Crippen LogP contribution in [0.1, 0.15) is 39.5 Å². The van der Waals surface area contributed by atoms with E-state index in [1.54, 1.807) is 0 Å². The van der Waals surface area contributed by atoms with Crippen LogP contribution in [0.3, 0.4) is 0 Å². The number of nitrogens with two attached hydrogens (primary N) is 2. The second-order valence-corrected chi connectivity index (χ2v) is 4.67. The summed E-state index contributed by atoms with van der Waals surface area (Å²) in [5.74, 6) is 1.83. The molecular weight excluding hydrogens is 219 g/mol. The first-order valence-corrected chi connectivity index (χ1v) is 5.09. The smallest absolute Gasteiger partial charge is 0.00439 e. The van der Waals surface area contributed by atoms with E-state index in [2.05, 4.69) is 13.8 Å². The predicted molar refractivity (Wildman–Crippen MR) is 67.2 cm³/mol. The molecule has 0 radical (unpaired) electrons. The Morgan fingerprint density at radius 3 is 0.929 bits per heavy atom. The normalized spacial score (nSPS) is 38.6. The lowest BCUT2D eigenvalue weighted by atomic mass is 9.83. The van der Waals surface area contributed by atoms with Crippen molar-refractivity contribution in [2.75, 3.05) is 0 Å². The van der Waals surface area contributed by atoms with E-state index in [0.717, 1.165) is 11.8 Å². The van der Waals surface area contributed by atoms with Gasteiger partial charge in [-0.15, -0.1) is 24.8 Å². The monoisotopic (exact) mass is 242 g/mol. The fraction of sp³-hybridized carbons (Fsp3) is 1.00. The summed E-state index contributed by atoms with van der Waals surface area (Å²) >= 11 is 0. The van der Waals surface area contributed by atoms with Gasteiger partial charge in [0.05, 0.1) is 0 Å². The van der Waals surface area contributed by atoms with E-state index in [9.17, 15) is 0 Å². The van der Waals surface area contributed by atoms with E-state index in [0.29, 0.717) is 12.1 Å². The fourth-order valence-corrected chi connectivity index (χ4v) is 1.93. The third-order valence-electron chi connectivity index (χ3n) is 2.82. The van der Waals surface area contributed by atoms with Crippen LogP contribution >= 0.6 is 24.8 Å². The maximum atomic E-state index is 5.47. The van der Waals surface area contributed by atoms with E-state index >= 15 is 0 Å². The van der Waals surface area contributed by atoms with E-state index in [1.807, 2.05) is 0 Å². The van der Waals surface area contributed by atoms with Crippen molar-refractivity contribution in [1.82, 2.24) is 0 Å². The standard InChI is InChI=1S/2C5H11N.2ClH/c2*1-4-2-5(6)3-4;;/h2*4-5H,2-3,6H2,1H3;2*1H. The molecule has 0 heterocycles. The fourth-order valence-electron chi connectivity index (χ4n) is 1.93. The molecule has 2 aliphatic carbocycles. The average molecular weight is 243 g/mol. The Balaban J connectivity index is 0. The van der Waals surface area contributed by atoms with Gasteiger partial charge in [-0.3, -0.25) is 0 Å². The highest BCUT2D eigenvalue weighted by atomic mass is 35.5. The average Bonchev–Trinajstić information content (AvgIpc) is 1.84. The number of hydrogen-bond acceptors (Lipinski definition) is 2. The molecule has 0 saturated heterocycles. The predicted octanol–water partition coefficient (Wildman–Crippen LogP) is 2.33. The molecule has 2 nitrogen and oxygen atoms in total. The molecule has 0 unspecified atom stereocenters. The minimum atomic E-state index is 0. The highest BCUT2D eigenvalue weighted by Crippen LogP contribution is 2.24. The molecule has 0 bridgehead atoms. The Kier molecular flexibility index (Phi) is 9.36. The Morgan fingerprint density at radius 1 is 0.714 bits per heavy atom. The largest absolute Gasteiger partial charge is 0.328 e. The molecule has 2 saturated carbocycles. The van der Waals surface area contributed by atoms with Crippen molar-refractivity contribution in [1.29, 1.82) is 0 Å². The summed E-state index contributed by atoms with van der Waals surface area (Å²) in [5, 5.41) is 0. The third kappa shape index (κ3) is 6.07. The van der Waals surface area contributed by atoms with Gasteiger partial charge in [0, 0.05) is 12.1 Å². The van der Waals surface area contributed by atoms with E-state index in [1.165, 1.54) is 25.7 Å². The molecule has 4 heteroatoms. The lowest BCUT2D eigenvalue weighted by Gasteiger charge is -2.28. The van der Waals surface area contributed by atoms with Crippen LogP contribution in [0.4, 0.5) is 0 Å². The van der Waals surface area contributed by atoms with Gasteiger partial charge in [0.2, 0.25) is 0 Å². The zero-order valence-corrected chi connectivity index (χ0v) is 10.7. The Bertz CT molecular complexity index is 104. The van der Waals surface area contributed by atoms with Gasteiger partial charge in [-0.2, -0.15) is 0 Å². The zero-order valence-electron chi connectivity index (χ0n) is 9.11. The van der Waals surface area contributed by atoms with Crippen LogP contribution in [0, 0.1) is 11.8 Å². The Labute approximate surface area is 100 Å². The molecule has 2 rings (SSSR count). The molecule has 0 aromatic carbocycles. The maximum Gasteiger partial charge on any atom is 0.00439 e. The summed E-state index contributed by atoms with van der Waals surface area (Å²) in [6.45, 7) is 4.48. The summed E-state index contributed by atoms with van der Waals surface area (Å²) in [7, 11) is 0. The highest BCUT2D eigenvalue weighted by molar-refractivity contribution is 5.85. The zero-order chi connectivity index (χ0) is 9.14. The first kappa shape index (κ1) is 16.9. The lowest BCUT2D eigenvalue weighted by molar-refractivity contribution is 0.290. The minimum Gasteiger partial charge on any atom is -0.328 e. The van der Waals surface area contributed by atoms with Crippen molar-refractivity contribution in [2.24, 2.45) is 23.3 Å². The highest BCUT2D eigenvalue weighted by Gasteiger charge is 2.20. The van der Waals surface area contributed by atoms with Gasteiger partial charge >= 0.3 is 0 Å². The van der Waals surface area contributed by atoms with Gasteiger partial charge in [0.15, 0.2) is 0 Å².